The number of carbonyl (C=O) groups excluding carboxylic acids is 1. The number of rotatable bonds is 5. The lowest BCUT2D eigenvalue weighted by atomic mass is 10.2. The quantitative estimate of drug-likeness (QED) is 0.666. The van der Waals surface area contributed by atoms with E-state index in [0.29, 0.717) is 19.5 Å². The van der Waals surface area contributed by atoms with Crippen LogP contribution in [0, 0.1) is 0 Å². The van der Waals surface area contributed by atoms with Crippen molar-refractivity contribution in [3.05, 3.63) is 59.7 Å². The van der Waals surface area contributed by atoms with Gasteiger partial charge in [0.05, 0.1) is 24.9 Å². The molecule has 0 spiro atoms. The second kappa shape index (κ2) is 8.39. The molecule has 1 amide bonds. The molecule has 0 unspecified atom stereocenters. The van der Waals surface area contributed by atoms with E-state index in [1.54, 1.807) is 13.3 Å². The van der Waals surface area contributed by atoms with E-state index in [9.17, 15) is 4.79 Å². The van der Waals surface area contributed by atoms with Gasteiger partial charge >= 0.3 is 0 Å². The lowest BCUT2D eigenvalue weighted by molar-refractivity contribution is -0.130. The van der Waals surface area contributed by atoms with Crippen LogP contribution in [0.25, 0.3) is 10.7 Å². The van der Waals surface area contributed by atoms with Gasteiger partial charge in [0.2, 0.25) is 5.91 Å². The van der Waals surface area contributed by atoms with Crippen molar-refractivity contribution in [1.82, 2.24) is 14.9 Å². The van der Waals surface area contributed by atoms with Gasteiger partial charge in [0.25, 0.3) is 0 Å². The number of amides is 1. The molecule has 0 radical (unpaired) electrons. The van der Waals surface area contributed by atoms with Gasteiger partial charge in [-0.3, -0.25) is 9.78 Å². The number of piperazine rings is 1. The topological polar surface area (TPSA) is 58.6 Å². The first-order valence-electron chi connectivity index (χ1n) is 9.25. The van der Waals surface area contributed by atoms with Crippen molar-refractivity contribution in [3.63, 3.8) is 0 Å². The van der Waals surface area contributed by atoms with Crippen LogP contribution in [-0.2, 0) is 11.2 Å². The van der Waals surface area contributed by atoms with Crippen LogP contribution in [0.4, 0.5) is 5.69 Å². The molecule has 144 valence electrons. The van der Waals surface area contributed by atoms with E-state index >= 15 is 0 Å². The highest BCUT2D eigenvalue weighted by Crippen LogP contribution is 2.23. The first kappa shape index (κ1) is 18.4. The summed E-state index contributed by atoms with van der Waals surface area (Å²) >= 11 is 1.53. The zero-order valence-electron chi connectivity index (χ0n) is 15.7. The van der Waals surface area contributed by atoms with Crippen LogP contribution in [0.2, 0.25) is 0 Å². The van der Waals surface area contributed by atoms with Crippen molar-refractivity contribution in [1.29, 1.82) is 0 Å². The molecule has 6 nitrogen and oxygen atoms in total. The monoisotopic (exact) mass is 394 g/mol. The number of ether oxygens (including phenoxy) is 1. The fourth-order valence-corrected chi connectivity index (χ4v) is 4.08. The highest BCUT2D eigenvalue weighted by Gasteiger charge is 2.22. The number of pyridine rings is 1. The van der Waals surface area contributed by atoms with Gasteiger partial charge in [0.1, 0.15) is 10.8 Å². The van der Waals surface area contributed by atoms with E-state index in [4.69, 9.17) is 4.74 Å². The van der Waals surface area contributed by atoms with Crippen LogP contribution in [0.5, 0.6) is 5.75 Å². The number of anilines is 1. The molecule has 0 atom stereocenters. The Morgan fingerprint density at radius 3 is 2.75 bits per heavy atom. The third-order valence-electron chi connectivity index (χ3n) is 4.82. The van der Waals surface area contributed by atoms with Crippen molar-refractivity contribution in [2.24, 2.45) is 0 Å². The summed E-state index contributed by atoms with van der Waals surface area (Å²) in [4.78, 5) is 25.8. The minimum atomic E-state index is 0.128. The zero-order chi connectivity index (χ0) is 19.3. The Labute approximate surface area is 168 Å². The molecule has 28 heavy (non-hydrogen) atoms. The predicted octanol–water partition coefficient (Wildman–Crippen LogP) is 3.11. The predicted molar refractivity (Wildman–Crippen MR) is 111 cm³/mol. The summed E-state index contributed by atoms with van der Waals surface area (Å²) < 4.78 is 5.30. The lowest BCUT2D eigenvalue weighted by Crippen LogP contribution is -2.49. The number of methoxy groups -OCH3 is 1. The van der Waals surface area contributed by atoms with E-state index in [1.807, 2.05) is 46.7 Å². The number of aromatic nitrogens is 2. The average molecular weight is 395 g/mol. The summed E-state index contributed by atoms with van der Waals surface area (Å²) in [6.07, 6.45) is 2.09. The molecule has 4 rings (SSSR count). The maximum atomic E-state index is 12.7. The van der Waals surface area contributed by atoms with Gasteiger partial charge in [-0.25, -0.2) is 4.98 Å². The molecule has 7 heteroatoms. The van der Waals surface area contributed by atoms with Crippen LogP contribution in [-0.4, -0.2) is 54.1 Å². The minimum absolute atomic E-state index is 0.128. The van der Waals surface area contributed by atoms with E-state index in [0.717, 1.165) is 40.9 Å². The van der Waals surface area contributed by atoms with Gasteiger partial charge < -0.3 is 14.5 Å². The maximum absolute atomic E-state index is 12.7. The molecule has 1 fully saturated rings. The summed E-state index contributed by atoms with van der Waals surface area (Å²) in [5.41, 5.74) is 2.79. The largest absolute Gasteiger partial charge is 0.497 e. The smallest absolute Gasteiger partial charge is 0.228 e. The number of carbonyl (C=O) groups is 1. The number of benzene rings is 1. The Kier molecular flexibility index (Phi) is 5.53. The second-order valence-corrected chi connectivity index (χ2v) is 7.46. The third-order valence-corrected chi connectivity index (χ3v) is 5.73. The molecule has 1 aromatic carbocycles. The van der Waals surface area contributed by atoms with Gasteiger partial charge in [0.15, 0.2) is 0 Å². The van der Waals surface area contributed by atoms with Crippen LogP contribution in [0.1, 0.15) is 5.69 Å². The highest BCUT2D eigenvalue weighted by molar-refractivity contribution is 7.13. The highest BCUT2D eigenvalue weighted by atomic mass is 32.1. The van der Waals surface area contributed by atoms with Gasteiger partial charge in [-0.2, -0.15) is 0 Å². The van der Waals surface area contributed by atoms with Gasteiger partial charge in [-0.15, -0.1) is 11.3 Å². The van der Waals surface area contributed by atoms with Crippen LogP contribution >= 0.6 is 11.3 Å². The lowest BCUT2D eigenvalue weighted by Gasteiger charge is -2.36. The standard InChI is InChI=1S/C21H22N4O2S/c1-27-18-6-4-5-17(14-18)24-9-11-25(12-10-24)20(26)13-16-15-28-21(23-16)19-7-2-3-8-22-19/h2-8,14-15H,9-13H2,1H3. The number of hydrogen-bond acceptors (Lipinski definition) is 6. The van der Waals surface area contributed by atoms with Crippen molar-refractivity contribution >= 4 is 22.9 Å². The SMILES string of the molecule is COc1cccc(N2CCN(C(=O)Cc3csc(-c4ccccn4)n3)CC2)c1. The minimum Gasteiger partial charge on any atom is -0.497 e. The van der Waals surface area contributed by atoms with Crippen molar-refractivity contribution in [3.8, 4) is 16.5 Å². The van der Waals surface area contributed by atoms with Crippen molar-refractivity contribution in [2.75, 3.05) is 38.2 Å². The van der Waals surface area contributed by atoms with E-state index in [1.165, 1.54) is 11.3 Å². The van der Waals surface area contributed by atoms with Crippen LogP contribution in [0.3, 0.4) is 0 Å². The molecule has 1 aliphatic heterocycles. The van der Waals surface area contributed by atoms with E-state index < -0.39 is 0 Å². The molecule has 2 aromatic heterocycles. The summed E-state index contributed by atoms with van der Waals surface area (Å²) in [6.45, 7) is 3.06. The normalized spacial score (nSPS) is 14.2. The Hall–Kier alpha value is -2.93. The van der Waals surface area contributed by atoms with E-state index in [2.05, 4.69) is 20.9 Å². The average Bonchev–Trinajstić information content (AvgIpc) is 3.23. The summed E-state index contributed by atoms with van der Waals surface area (Å²) in [5, 5.41) is 2.81. The summed E-state index contributed by atoms with van der Waals surface area (Å²) in [6, 6.07) is 13.8. The van der Waals surface area contributed by atoms with Crippen molar-refractivity contribution < 1.29 is 9.53 Å². The Morgan fingerprint density at radius 1 is 1.14 bits per heavy atom. The molecule has 3 aromatic rings. The summed E-state index contributed by atoms with van der Waals surface area (Å²) in [5.74, 6) is 0.978. The number of thiazole rings is 1. The molecule has 3 heterocycles. The maximum Gasteiger partial charge on any atom is 0.228 e. The Balaban J connectivity index is 1.34. The summed E-state index contributed by atoms with van der Waals surface area (Å²) in [7, 11) is 1.67. The fourth-order valence-electron chi connectivity index (χ4n) is 3.28. The zero-order valence-corrected chi connectivity index (χ0v) is 16.6. The first-order chi connectivity index (χ1) is 13.7. The number of nitrogens with zero attached hydrogens (tertiary/aromatic N) is 4. The second-order valence-electron chi connectivity index (χ2n) is 6.61. The Morgan fingerprint density at radius 2 is 2.00 bits per heavy atom. The Bertz CT molecular complexity index is 936. The van der Waals surface area contributed by atoms with Crippen LogP contribution < -0.4 is 9.64 Å². The number of hydrogen-bond donors (Lipinski definition) is 0. The molecule has 1 saturated heterocycles. The fraction of sp³-hybridized carbons (Fsp3) is 0.286. The molecule has 0 N–H and O–H groups in total. The third kappa shape index (κ3) is 4.14. The van der Waals surface area contributed by atoms with Gasteiger partial charge in [-0.1, -0.05) is 12.1 Å². The molecule has 0 saturated carbocycles. The molecule has 0 bridgehead atoms. The molecule has 1 aliphatic rings. The molecule has 0 aliphatic carbocycles. The van der Waals surface area contributed by atoms with Crippen molar-refractivity contribution in [2.45, 2.75) is 6.42 Å². The van der Waals surface area contributed by atoms with E-state index in [-0.39, 0.29) is 5.91 Å². The molecular weight excluding hydrogens is 372 g/mol. The van der Waals surface area contributed by atoms with Gasteiger partial charge in [-0.05, 0) is 24.3 Å². The molecular formula is C21H22N4O2S. The first-order valence-corrected chi connectivity index (χ1v) is 10.1. The van der Waals surface area contributed by atoms with Gasteiger partial charge in [0, 0.05) is 49.5 Å². The van der Waals surface area contributed by atoms with Crippen LogP contribution in [0.15, 0.2) is 54.0 Å².